The number of sulfonamides is 1. The first-order valence-electron chi connectivity index (χ1n) is 4.95. The van der Waals surface area contributed by atoms with Crippen molar-refractivity contribution in [3.8, 4) is 5.75 Å². The average molecular weight is 243 g/mol. The van der Waals surface area contributed by atoms with E-state index in [0.717, 1.165) is 4.47 Å². The number of benzene rings is 1. The van der Waals surface area contributed by atoms with E-state index in [0.29, 0.717) is 25.3 Å². The van der Waals surface area contributed by atoms with Crippen molar-refractivity contribution < 1.29 is 18.0 Å². The predicted octanol–water partition coefficient (Wildman–Crippen LogP) is 1.02. The first kappa shape index (κ1) is 11.4. The maximum Gasteiger partial charge on any atom is 0.268 e. The van der Waals surface area contributed by atoms with Crippen LogP contribution in [0.2, 0.25) is 0 Å². The molecule has 0 amide bonds. The normalized spacial score (nSPS) is 17.6. The lowest BCUT2D eigenvalue weighted by Gasteiger charge is -2.16. The summed E-state index contributed by atoms with van der Waals surface area (Å²) in [5.74, 6) is 0.331. The molecule has 0 saturated carbocycles. The van der Waals surface area contributed by atoms with Gasteiger partial charge in [-0.2, -0.15) is 0 Å². The second-order valence-corrected chi connectivity index (χ2v) is 5.17. The van der Waals surface area contributed by atoms with Crippen LogP contribution in [0.1, 0.15) is 6.42 Å². The lowest BCUT2D eigenvalue weighted by Crippen LogP contribution is -2.27. The Kier molecular flexibility index (Phi) is 3.13. The highest BCUT2D eigenvalue weighted by atomic mass is 32.2. The maximum absolute atomic E-state index is 12.1. The molecular formula is C10H13NO4S. The largest absolute Gasteiger partial charge is 0.495 e. The third-order valence-electron chi connectivity index (χ3n) is 2.34. The van der Waals surface area contributed by atoms with Gasteiger partial charge in [-0.1, -0.05) is 16.6 Å². The Hall–Kier alpha value is -1.11. The molecule has 0 aliphatic carbocycles. The first-order valence-corrected chi connectivity index (χ1v) is 6.39. The van der Waals surface area contributed by atoms with Crippen molar-refractivity contribution in [2.75, 3.05) is 20.3 Å². The summed E-state index contributed by atoms with van der Waals surface area (Å²) in [6.45, 7) is 0.828. The third kappa shape index (κ3) is 1.91. The van der Waals surface area contributed by atoms with E-state index in [4.69, 9.17) is 9.57 Å². The van der Waals surface area contributed by atoms with Crippen molar-refractivity contribution in [2.24, 2.45) is 0 Å². The Labute approximate surface area is 94.6 Å². The minimum absolute atomic E-state index is 0.138. The summed E-state index contributed by atoms with van der Waals surface area (Å²) in [7, 11) is -2.15. The highest BCUT2D eigenvalue weighted by Gasteiger charge is 2.30. The summed E-state index contributed by atoms with van der Waals surface area (Å²) >= 11 is 0. The van der Waals surface area contributed by atoms with Gasteiger partial charge >= 0.3 is 0 Å². The van der Waals surface area contributed by atoms with Gasteiger partial charge in [-0.25, -0.2) is 8.42 Å². The van der Waals surface area contributed by atoms with Crippen LogP contribution in [0.25, 0.3) is 0 Å². The van der Waals surface area contributed by atoms with Crippen LogP contribution < -0.4 is 4.74 Å². The van der Waals surface area contributed by atoms with Gasteiger partial charge in [0.2, 0.25) is 0 Å². The van der Waals surface area contributed by atoms with E-state index in [1.165, 1.54) is 13.2 Å². The molecule has 0 unspecified atom stereocenters. The fourth-order valence-electron chi connectivity index (χ4n) is 1.56. The van der Waals surface area contributed by atoms with Crippen molar-refractivity contribution >= 4 is 10.0 Å². The van der Waals surface area contributed by atoms with Crippen molar-refractivity contribution in [1.29, 1.82) is 0 Å². The molecule has 0 spiro atoms. The zero-order valence-corrected chi connectivity index (χ0v) is 9.74. The Morgan fingerprint density at radius 2 is 2.12 bits per heavy atom. The molecule has 0 bridgehead atoms. The van der Waals surface area contributed by atoms with Crippen LogP contribution in [0.5, 0.6) is 5.75 Å². The van der Waals surface area contributed by atoms with E-state index in [-0.39, 0.29) is 4.90 Å². The van der Waals surface area contributed by atoms with Gasteiger partial charge in [-0.05, 0) is 18.6 Å². The molecule has 1 aliphatic rings. The number of hydroxylamine groups is 1. The number of hydrogen-bond acceptors (Lipinski definition) is 4. The van der Waals surface area contributed by atoms with E-state index in [1.54, 1.807) is 18.2 Å². The van der Waals surface area contributed by atoms with Crippen molar-refractivity contribution in [2.45, 2.75) is 11.3 Å². The molecule has 0 radical (unpaired) electrons. The summed E-state index contributed by atoms with van der Waals surface area (Å²) in [6, 6.07) is 6.51. The quantitative estimate of drug-likeness (QED) is 0.795. The molecule has 6 heteroatoms. The molecule has 88 valence electrons. The van der Waals surface area contributed by atoms with Gasteiger partial charge in [0.1, 0.15) is 10.6 Å². The summed E-state index contributed by atoms with van der Waals surface area (Å²) in [5.41, 5.74) is 0. The highest BCUT2D eigenvalue weighted by Crippen LogP contribution is 2.27. The van der Waals surface area contributed by atoms with Gasteiger partial charge in [-0.15, -0.1) is 0 Å². The van der Waals surface area contributed by atoms with E-state index < -0.39 is 10.0 Å². The molecule has 0 N–H and O–H groups in total. The summed E-state index contributed by atoms with van der Waals surface area (Å²) < 4.78 is 30.3. The van der Waals surface area contributed by atoms with Crippen molar-refractivity contribution in [3.63, 3.8) is 0 Å². The third-order valence-corrected chi connectivity index (χ3v) is 4.05. The molecule has 1 aromatic rings. The lowest BCUT2D eigenvalue weighted by atomic mass is 10.3. The zero-order chi connectivity index (χ0) is 11.6. The van der Waals surface area contributed by atoms with Gasteiger partial charge < -0.3 is 4.74 Å². The number of nitrogens with zero attached hydrogens (tertiary/aromatic N) is 1. The van der Waals surface area contributed by atoms with Crippen LogP contribution >= 0.6 is 0 Å². The number of ether oxygens (including phenoxy) is 1. The number of para-hydroxylation sites is 1. The molecule has 1 heterocycles. The smallest absolute Gasteiger partial charge is 0.268 e. The van der Waals surface area contributed by atoms with Crippen molar-refractivity contribution in [3.05, 3.63) is 24.3 Å². The fraction of sp³-hybridized carbons (Fsp3) is 0.400. The fourth-order valence-corrected chi connectivity index (χ4v) is 3.01. The summed E-state index contributed by atoms with van der Waals surface area (Å²) in [6.07, 6.45) is 0.717. The van der Waals surface area contributed by atoms with Gasteiger partial charge in [-0.3, -0.25) is 4.84 Å². The Balaban J connectivity index is 2.42. The summed E-state index contributed by atoms with van der Waals surface area (Å²) in [5, 5.41) is 0. The molecule has 2 rings (SSSR count). The Bertz CT molecular complexity index is 465. The number of methoxy groups -OCH3 is 1. The lowest BCUT2D eigenvalue weighted by molar-refractivity contribution is -0.0285. The molecule has 1 aliphatic heterocycles. The second-order valence-electron chi connectivity index (χ2n) is 3.37. The molecule has 1 saturated heterocycles. The van der Waals surface area contributed by atoms with Crippen LogP contribution in [0.4, 0.5) is 0 Å². The molecule has 0 atom stereocenters. The monoisotopic (exact) mass is 243 g/mol. The van der Waals surface area contributed by atoms with Gasteiger partial charge in [0.05, 0.1) is 13.7 Å². The van der Waals surface area contributed by atoms with E-state index >= 15 is 0 Å². The molecule has 16 heavy (non-hydrogen) atoms. The standard InChI is InChI=1S/C10H13NO4S/c1-14-9-5-2-3-6-10(9)16(12,13)11-7-4-8-15-11/h2-3,5-6H,4,7-8H2,1H3. The van der Waals surface area contributed by atoms with Crippen LogP contribution in [0.3, 0.4) is 0 Å². The average Bonchev–Trinajstić information content (AvgIpc) is 2.83. The molecule has 5 nitrogen and oxygen atoms in total. The minimum atomic E-state index is -3.60. The highest BCUT2D eigenvalue weighted by molar-refractivity contribution is 7.89. The van der Waals surface area contributed by atoms with Crippen LogP contribution in [-0.2, 0) is 14.9 Å². The van der Waals surface area contributed by atoms with Crippen LogP contribution in [0.15, 0.2) is 29.2 Å². The molecule has 1 aromatic carbocycles. The second kappa shape index (κ2) is 4.40. The minimum Gasteiger partial charge on any atom is -0.495 e. The van der Waals surface area contributed by atoms with Gasteiger partial charge in [0, 0.05) is 6.54 Å². The topological polar surface area (TPSA) is 55.8 Å². The van der Waals surface area contributed by atoms with E-state index in [9.17, 15) is 8.42 Å². The summed E-state index contributed by atoms with van der Waals surface area (Å²) in [4.78, 5) is 5.20. The SMILES string of the molecule is COc1ccccc1S(=O)(=O)N1CCCO1. The van der Waals surface area contributed by atoms with Gasteiger partial charge in [0.25, 0.3) is 10.0 Å². The first-order chi connectivity index (χ1) is 7.66. The maximum atomic E-state index is 12.1. The zero-order valence-electron chi connectivity index (χ0n) is 8.92. The number of rotatable bonds is 3. The van der Waals surface area contributed by atoms with Gasteiger partial charge in [0.15, 0.2) is 0 Å². The molecular weight excluding hydrogens is 230 g/mol. The molecule has 0 aromatic heterocycles. The Morgan fingerprint density at radius 1 is 1.38 bits per heavy atom. The predicted molar refractivity (Wildman–Crippen MR) is 57.5 cm³/mol. The Morgan fingerprint density at radius 3 is 2.75 bits per heavy atom. The molecule has 1 fully saturated rings. The number of hydrogen-bond donors (Lipinski definition) is 0. The van der Waals surface area contributed by atoms with Crippen LogP contribution in [0, 0.1) is 0 Å². The van der Waals surface area contributed by atoms with Crippen molar-refractivity contribution in [1.82, 2.24) is 4.47 Å². The van der Waals surface area contributed by atoms with E-state index in [2.05, 4.69) is 0 Å². The van der Waals surface area contributed by atoms with E-state index in [1.807, 2.05) is 0 Å². The van der Waals surface area contributed by atoms with Crippen LogP contribution in [-0.4, -0.2) is 33.1 Å².